The Hall–Kier alpha value is -2.69. The van der Waals surface area contributed by atoms with Crippen molar-refractivity contribution in [3.05, 3.63) is 70.2 Å². The minimum absolute atomic E-state index is 0.138. The first kappa shape index (κ1) is 21.5. The summed E-state index contributed by atoms with van der Waals surface area (Å²) in [5.41, 5.74) is 1.98. The number of pyridine rings is 1. The lowest BCUT2D eigenvalue weighted by molar-refractivity contribution is 0.417. The van der Waals surface area contributed by atoms with Gasteiger partial charge in [-0.15, -0.1) is 11.3 Å². The molecule has 1 aliphatic rings. The Balaban J connectivity index is 1.82. The maximum atomic E-state index is 11.9. The number of rotatable bonds is 6. The zero-order chi connectivity index (χ0) is 22.2. The molecule has 10 heteroatoms. The van der Waals surface area contributed by atoms with Gasteiger partial charge in [0.1, 0.15) is 5.75 Å². The maximum absolute atomic E-state index is 11.9. The number of nitrogens with zero attached hydrogens (tertiary/aromatic N) is 2. The molecule has 1 saturated heterocycles. The summed E-state index contributed by atoms with van der Waals surface area (Å²) < 4.78 is 31.6. The summed E-state index contributed by atoms with van der Waals surface area (Å²) in [4.78, 5) is 8.88. The van der Waals surface area contributed by atoms with Gasteiger partial charge in [-0.25, -0.2) is 8.42 Å². The van der Waals surface area contributed by atoms with Crippen LogP contribution in [0.15, 0.2) is 54.7 Å². The summed E-state index contributed by atoms with van der Waals surface area (Å²) in [5.74, 6) is 0.428. The first-order valence-electron chi connectivity index (χ1n) is 9.49. The van der Waals surface area contributed by atoms with Gasteiger partial charge in [0.05, 0.1) is 36.8 Å². The summed E-state index contributed by atoms with van der Waals surface area (Å²) >= 11 is 7.42. The van der Waals surface area contributed by atoms with Gasteiger partial charge in [-0.1, -0.05) is 6.07 Å². The van der Waals surface area contributed by atoms with Crippen molar-refractivity contribution in [1.82, 2.24) is 10.3 Å². The van der Waals surface area contributed by atoms with Gasteiger partial charge < -0.3 is 15.0 Å². The van der Waals surface area contributed by atoms with Crippen molar-refractivity contribution in [3.8, 4) is 5.75 Å². The first-order chi connectivity index (χ1) is 14.8. The minimum atomic E-state index is -3.48. The Bertz CT molecular complexity index is 1210. The van der Waals surface area contributed by atoms with E-state index in [1.54, 1.807) is 29.7 Å². The van der Waals surface area contributed by atoms with Gasteiger partial charge in [0.15, 0.2) is 5.11 Å². The molecule has 3 heterocycles. The van der Waals surface area contributed by atoms with Crippen molar-refractivity contribution in [3.63, 3.8) is 0 Å². The van der Waals surface area contributed by atoms with Crippen molar-refractivity contribution in [2.24, 2.45) is 0 Å². The van der Waals surface area contributed by atoms with Crippen molar-refractivity contribution in [2.75, 3.05) is 23.0 Å². The van der Waals surface area contributed by atoms with Crippen LogP contribution in [0, 0.1) is 6.92 Å². The molecule has 7 nitrogen and oxygen atoms in total. The molecule has 3 aromatic rings. The minimum Gasteiger partial charge on any atom is -0.495 e. The monoisotopic (exact) mass is 474 g/mol. The smallest absolute Gasteiger partial charge is 0.229 e. The molecule has 1 aromatic carbocycles. The number of nitrogens with one attached hydrogen (secondary N) is 2. The fourth-order valence-electron chi connectivity index (χ4n) is 3.66. The number of ether oxygens (including phenoxy) is 1. The summed E-state index contributed by atoms with van der Waals surface area (Å²) in [5, 5.41) is 3.95. The van der Waals surface area contributed by atoms with Crippen molar-refractivity contribution in [2.45, 2.75) is 19.0 Å². The van der Waals surface area contributed by atoms with Crippen molar-refractivity contribution in [1.29, 1.82) is 0 Å². The SMILES string of the molecule is COc1ccc(N2C(=S)N[C@@H](c3ccccn3)[C@H]2c2ccc(C)s2)cc1NS(C)(=O)=O. The number of thiocarbonyl (C=S) groups is 1. The van der Waals surface area contributed by atoms with Crippen LogP contribution in [0.25, 0.3) is 0 Å². The largest absolute Gasteiger partial charge is 0.495 e. The van der Waals surface area contributed by atoms with E-state index < -0.39 is 10.0 Å². The average Bonchev–Trinajstić information content (AvgIpc) is 3.30. The fourth-order valence-corrected chi connectivity index (χ4v) is 5.57. The summed E-state index contributed by atoms with van der Waals surface area (Å²) in [6, 6.07) is 15.0. The van der Waals surface area contributed by atoms with E-state index in [0.717, 1.165) is 22.5 Å². The lowest BCUT2D eigenvalue weighted by Crippen LogP contribution is -2.29. The van der Waals surface area contributed by atoms with Gasteiger partial charge in [-0.05, 0) is 61.6 Å². The van der Waals surface area contributed by atoms with Gasteiger partial charge in [0, 0.05) is 21.6 Å². The zero-order valence-corrected chi connectivity index (χ0v) is 19.6. The highest BCUT2D eigenvalue weighted by Gasteiger charge is 2.41. The van der Waals surface area contributed by atoms with Crippen molar-refractivity contribution < 1.29 is 13.2 Å². The standard InChI is InChI=1S/C21H22N4O3S3/c1-13-7-10-18(30-13)20-19(15-6-4-5-11-22-15)23-21(29)25(20)14-8-9-17(28-2)16(12-14)24-31(3,26)27/h4-12,19-20,24H,1-3H3,(H,23,29)/t19-,20+/m0/s1. The molecule has 0 amide bonds. The third-order valence-corrected chi connectivity index (χ3v) is 6.88. The number of sulfonamides is 1. The number of hydrogen-bond donors (Lipinski definition) is 2. The molecule has 2 N–H and O–H groups in total. The summed E-state index contributed by atoms with van der Waals surface area (Å²) in [6.45, 7) is 2.07. The Morgan fingerprint density at radius 3 is 2.65 bits per heavy atom. The molecule has 0 radical (unpaired) electrons. The second-order valence-electron chi connectivity index (χ2n) is 7.20. The molecule has 162 valence electrons. The molecule has 0 bridgehead atoms. The molecule has 2 atom stereocenters. The second-order valence-corrected chi connectivity index (χ2v) is 10.7. The molecule has 0 aliphatic carbocycles. The Labute approximate surface area is 191 Å². The topological polar surface area (TPSA) is 83.6 Å². The number of hydrogen-bond acceptors (Lipinski definition) is 6. The highest BCUT2D eigenvalue weighted by molar-refractivity contribution is 7.92. The molecule has 2 aromatic heterocycles. The number of anilines is 2. The van der Waals surface area contributed by atoms with Gasteiger partial charge in [0.25, 0.3) is 0 Å². The molecule has 1 fully saturated rings. The Morgan fingerprint density at radius 2 is 2.03 bits per heavy atom. The van der Waals surface area contributed by atoms with Crippen LogP contribution in [0.5, 0.6) is 5.75 Å². The van der Waals surface area contributed by atoms with E-state index in [4.69, 9.17) is 17.0 Å². The highest BCUT2D eigenvalue weighted by atomic mass is 32.2. The number of methoxy groups -OCH3 is 1. The third kappa shape index (κ3) is 4.51. The van der Waals surface area contributed by atoms with E-state index in [2.05, 4.69) is 34.1 Å². The van der Waals surface area contributed by atoms with E-state index in [-0.39, 0.29) is 12.1 Å². The molecule has 0 spiro atoms. The summed E-state index contributed by atoms with van der Waals surface area (Å²) in [6.07, 6.45) is 2.87. The van der Waals surface area contributed by atoms with Crippen LogP contribution in [-0.4, -0.2) is 31.9 Å². The lowest BCUT2D eigenvalue weighted by atomic mass is 10.0. The number of aryl methyl sites for hydroxylation is 1. The average molecular weight is 475 g/mol. The molecule has 1 aliphatic heterocycles. The van der Waals surface area contributed by atoms with E-state index in [1.165, 1.54) is 12.0 Å². The zero-order valence-electron chi connectivity index (χ0n) is 17.2. The van der Waals surface area contributed by atoms with Gasteiger partial charge in [-0.3, -0.25) is 9.71 Å². The molecular formula is C21H22N4O3S3. The van der Waals surface area contributed by atoms with Crippen LogP contribution in [-0.2, 0) is 10.0 Å². The quantitative estimate of drug-likeness (QED) is 0.522. The predicted molar refractivity (Wildman–Crippen MR) is 128 cm³/mol. The molecule has 0 unspecified atom stereocenters. The Morgan fingerprint density at radius 1 is 1.23 bits per heavy atom. The first-order valence-corrected chi connectivity index (χ1v) is 12.6. The van der Waals surface area contributed by atoms with E-state index >= 15 is 0 Å². The molecular weight excluding hydrogens is 452 g/mol. The van der Waals surface area contributed by atoms with Gasteiger partial charge in [-0.2, -0.15) is 0 Å². The maximum Gasteiger partial charge on any atom is 0.229 e. The van der Waals surface area contributed by atoms with Crippen LogP contribution in [0.3, 0.4) is 0 Å². The number of benzene rings is 1. The van der Waals surface area contributed by atoms with E-state index in [1.807, 2.05) is 29.2 Å². The predicted octanol–water partition coefficient (Wildman–Crippen LogP) is 4.01. The van der Waals surface area contributed by atoms with Crippen LogP contribution in [0.2, 0.25) is 0 Å². The Kier molecular flexibility index (Phi) is 5.87. The molecule has 31 heavy (non-hydrogen) atoms. The van der Waals surface area contributed by atoms with Crippen LogP contribution < -0.4 is 19.7 Å². The second kappa shape index (κ2) is 8.45. The number of aromatic nitrogens is 1. The fraction of sp³-hybridized carbons (Fsp3) is 0.238. The van der Waals surface area contributed by atoms with Gasteiger partial charge >= 0.3 is 0 Å². The van der Waals surface area contributed by atoms with E-state index in [9.17, 15) is 8.42 Å². The molecule has 0 saturated carbocycles. The van der Waals surface area contributed by atoms with Crippen LogP contribution in [0.4, 0.5) is 11.4 Å². The normalized spacial score (nSPS) is 18.7. The van der Waals surface area contributed by atoms with E-state index in [0.29, 0.717) is 16.5 Å². The lowest BCUT2D eigenvalue weighted by Gasteiger charge is -2.27. The highest BCUT2D eigenvalue weighted by Crippen LogP contribution is 2.44. The van der Waals surface area contributed by atoms with Gasteiger partial charge in [0.2, 0.25) is 10.0 Å². The number of thiophene rings is 1. The van der Waals surface area contributed by atoms with Crippen LogP contribution in [0.1, 0.15) is 27.5 Å². The summed E-state index contributed by atoms with van der Waals surface area (Å²) in [7, 11) is -1.99. The molecule has 4 rings (SSSR count). The third-order valence-electron chi connectivity index (χ3n) is 4.91. The van der Waals surface area contributed by atoms with Crippen LogP contribution >= 0.6 is 23.6 Å². The van der Waals surface area contributed by atoms with Crippen molar-refractivity contribution >= 4 is 50.1 Å².